The molecule has 0 bridgehead atoms. The van der Waals surface area contributed by atoms with Gasteiger partial charge in [0.1, 0.15) is 0 Å². The van der Waals surface area contributed by atoms with Crippen molar-refractivity contribution in [2.75, 3.05) is 5.32 Å². The molecule has 0 aliphatic rings. The van der Waals surface area contributed by atoms with Crippen LogP contribution in [-0.2, 0) is 0 Å². The van der Waals surface area contributed by atoms with Gasteiger partial charge in [0, 0.05) is 22.3 Å². The van der Waals surface area contributed by atoms with E-state index in [2.05, 4.69) is 24.1 Å². The van der Waals surface area contributed by atoms with Crippen LogP contribution in [0.2, 0.25) is 10.0 Å². The summed E-state index contributed by atoms with van der Waals surface area (Å²) >= 11 is 12.1. The van der Waals surface area contributed by atoms with Crippen LogP contribution >= 0.6 is 23.2 Å². The lowest BCUT2D eigenvalue weighted by Crippen LogP contribution is -2.13. The topological polar surface area (TPSA) is 29.9 Å². The van der Waals surface area contributed by atoms with E-state index < -0.39 is 0 Å². The predicted octanol–water partition coefficient (Wildman–Crippen LogP) is 4.31. The van der Waals surface area contributed by atoms with Crippen molar-refractivity contribution >= 4 is 29.2 Å². The van der Waals surface area contributed by atoms with Gasteiger partial charge in [0.05, 0.1) is 11.4 Å². The Labute approximate surface area is 117 Å². The van der Waals surface area contributed by atoms with E-state index in [0.29, 0.717) is 16.1 Å². The van der Waals surface area contributed by atoms with Crippen molar-refractivity contribution < 1.29 is 0 Å². The maximum absolute atomic E-state index is 6.03. The first kappa shape index (κ1) is 13.2. The number of benzene rings is 1. The molecule has 0 saturated carbocycles. The molecule has 2 aromatic rings. The molecule has 1 N–H and O–H groups in total. The zero-order chi connectivity index (χ0) is 13.3. The van der Waals surface area contributed by atoms with E-state index in [1.165, 1.54) is 0 Å². The summed E-state index contributed by atoms with van der Waals surface area (Å²) in [6.45, 7) is 6.09. The van der Waals surface area contributed by atoms with Gasteiger partial charge in [0.15, 0.2) is 0 Å². The van der Waals surface area contributed by atoms with Crippen LogP contribution in [0.1, 0.15) is 19.5 Å². The van der Waals surface area contributed by atoms with Crippen molar-refractivity contribution in [3.8, 4) is 5.69 Å². The molecule has 2 rings (SSSR count). The van der Waals surface area contributed by atoms with Crippen LogP contribution in [-0.4, -0.2) is 15.6 Å². The number of nitrogens with zero attached hydrogens (tertiary/aromatic N) is 2. The van der Waals surface area contributed by atoms with E-state index in [-0.39, 0.29) is 0 Å². The predicted molar refractivity (Wildman–Crippen MR) is 77.1 cm³/mol. The molecule has 5 heteroatoms. The number of halogens is 2. The van der Waals surface area contributed by atoms with Crippen LogP contribution < -0.4 is 5.32 Å². The van der Waals surface area contributed by atoms with E-state index in [9.17, 15) is 0 Å². The Morgan fingerprint density at radius 3 is 2.33 bits per heavy atom. The lowest BCUT2D eigenvalue weighted by atomic mass is 10.3. The Balaban J connectivity index is 2.49. The Morgan fingerprint density at radius 2 is 1.78 bits per heavy atom. The van der Waals surface area contributed by atoms with Crippen molar-refractivity contribution in [3.05, 3.63) is 40.1 Å². The van der Waals surface area contributed by atoms with Crippen LogP contribution in [0.25, 0.3) is 5.69 Å². The minimum absolute atomic E-state index is 0.306. The van der Waals surface area contributed by atoms with Crippen molar-refractivity contribution in [3.63, 3.8) is 0 Å². The number of aromatic nitrogens is 2. The normalized spacial score (nSPS) is 11.0. The Bertz CT molecular complexity index is 541. The zero-order valence-corrected chi connectivity index (χ0v) is 12.0. The summed E-state index contributed by atoms with van der Waals surface area (Å²) in [7, 11) is 0. The molecule has 96 valence electrons. The number of imidazole rings is 1. The average molecular weight is 284 g/mol. The summed E-state index contributed by atoms with van der Waals surface area (Å²) in [5.41, 5.74) is 1.84. The molecular formula is C13H15Cl2N3. The van der Waals surface area contributed by atoms with Gasteiger partial charge in [-0.3, -0.25) is 4.57 Å². The van der Waals surface area contributed by atoms with Gasteiger partial charge >= 0.3 is 0 Å². The third-order valence-corrected chi connectivity index (χ3v) is 2.81. The molecule has 0 radical (unpaired) electrons. The first-order valence-corrected chi connectivity index (χ1v) is 6.50. The van der Waals surface area contributed by atoms with Gasteiger partial charge in [-0.05, 0) is 39.0 Å². The molecule has 0 fully saturated rings. The summed E-state index contributed by atoms with van der Waals surface area (Å²) in [6.07, 6.45) is 1.95. The molecule has 1 heterocycles. The molecule has 0 aliphatic carbocycles. The molecule has 0 atom stereocenters. The van der Waals surface area contributed by atoms with Crippen LogP contribution in [0.4, 0.5) is 5.95 Å². The fourth-order valence-corrected chi connectivity index (χ4v) is 2.25. The SMILES string of the molecule is Cc1cn(-c2cc(Cl)cc(Cl)c2)c(NC(C)C)n1. The molecule has 0 unspecified atom stereocenters. The monoisotopic (exact) mass is 283 g/mol. The summed E-state index contributed by atoms with van der Waals surface area (Å²) in [5, 5.41) is 4.52. The highest BCUT2D eigenvalue weighted by atomic mass is 35.5. The Hall–Kier alpha value is -1.19. The molecule has 3 nitrogen and oxygen atoms in total. The van der Waals surface area contributed by atoms with E-state index in [4.69, 9.17) is 23.2 Å². The van der Waals surface area contributed by atoms with E-state index in [1.807, 2.05) is 29.8 Å². The minimum Gasteiger partial charge on any atom is -0.353 e. The molecule has 0 saturated heterocycles. The minimum atomic E-state index is 0.306. The first-order valence-electron chi connectivity index (χ1n) is 5.74. The highest BCUT2D eigenvalue weighted by molar-refractivity contribution is 6.34. The average Bonchev–Trinajstić information content (AvgIpc) is 2.56. The Kier molecular flexibility index (Phi) is 3.83. The van der Waals surface area contributed by atoms with Gasteiger partial charge in [-0.25, -0.2) is 4.98 Å². The standard InChI is InChI=1S/C13H15Cl2N3/c1-8(2)16-13-17-9(3)7-18(13)12-5-10(14)4-11(15)6-12/h4-8H,1-3H3,(H,16,17). The smallest absolute Gasteiger partial charge is 0.207 e. The van der Waals surface area contributed by atoms with Crippen LogP contribution in [0.3, 0.4) is 0 Å². The largest absolute Gasteiger partial charge is 0.353 e. The van der Waals surface area contributed by atoms with E-state index in [1.54, 1.807) is 6.07 Å². The van der Waals surface area contributed by atoms with E-state index in [0.717, 1.165) is 17.3 Å². The van der Waals surface area contributed by atoms with Crippen molar-refractivity contribution in [2.24, 2.45) is 0 Å². The highest BCUT2D eigenvalue weighted by Crippen LogP contribution is 2.24. The lowest BCUT2D eigenvalue weighted by molar-refractivity contribution is 0.864. The molecule has 0 spiro atoms. The quantitative estimate of drug-likeness (QED) is 0.910. The summed E-state index contributed by atoms with van der Waals surface area (Å²) in [4.78, 5) is 4.45. The number of nitrogens with one attached hydrogen (secondary N) is 1. The molecular weight excluding hydrogens is 269 g/mol. The van der Waals surface area contributed by atoms with Gasteiger partial charge in [0.25, 0.3) is 0 Å². The van der Waals surface area contributed by atoms with Gasteiger partial charge in [0.2, 0.25) is 5.95 Å². The van der Waals surface area contributed by atoms with Gasteiger partial charge in [-0.15, -0.1) is 0 Å². The summed E-state index contributed by atoms with van der Waals surface area (Å²) < 4.78 is 1.95. The van der Waals surface area contributed by atoms with Crippen LogP contribution in [0.5, 0.6) is 0 Å². The highest BCUT2D eigenvalue weighted by Gasteiger charge is 2.09. The number of hydrogen-bond donors (Lipinski definition) is 1. The molecule has 1 aromatic heterocycles. The third-order valence-electron chi connectivity index (χ3n) is 2.37. The van der Waals surface area contributed by atoms with Crippen LogP contribution in [0, 0.1) is 6.92 Å². The van der Waals surface area contributed by atoms with Crippen molar-refractivity contribution in [1.82, 2.24) is 9.55 Å². The number of hydrogen-bond acceptors (Lipinski definition) is 2. The maximum Gasteiger partial charge on any atom is 0.207 e. The van der Waals surface area contributed by atoms with Gasteiger partial charge in [-0.2, -0.15) is 0 Å². The number of aryl methyl sites for hydroxylation is 1. The molecule has 0 amide bonds. The molecule has 0 aliphatic heterocycles. The Morgan fingerprint density at radius 1 is 1.17 bits per heavy atom. The van der Waals surface area contributed by atoms with E-state index >= 15 is 0 Å². The molecule has 18 heavy (non-hydrogen) atoms. The summed E-state index contributed by atoms with van der Waals surface area (Å²) in [5.74, 6) is 0.792. The fraction of sp³-hybridized carbons (Fsp3) is 0.308. The second-order valence-corrected chi connectivity index (χ2v) is 5.38. The van der Waals surface area contributed by atoms with Gasteiger partial charge < -0.3 is 5.32 Å². The van der Waals surface area contributed by atoms with Crippen molar-refractivity contribution in [2.45, 2.75) is 26.8 Å². The van der Waals surface area contributed by atoms with Gasteiger partial charge in [-0.1, -0.05) is 23.2 Å². The zero-order valence-electron chi connectivity index (χ0n) is 10.5. The lowest BCUT2D eigenvalue weighted by Gasteiger charge is -2.12. The maximum atomic E-state index is 6.03. The fourth-order valence-electron chi connectivity index (χ4n) is 1.73. The summed E-state index contributed by atoms with van der Waals surface area (Å²) in [6, 6.07) is 5.74. The third kappa shape index (κ3) is 2.98. The second kappa shape index (κ2) is 5.21. The molecule has 1 aromatic carbocycles. The van der Waals surface area contributed by atoms with Crippen molar-refractivity contribution in [1.29, 1.82) is 0 Å². The number of rotatable bonds is 3. The second-order valence-electron chi connectivity index (χ2n) is 4.50. The first-order chi connectivity index (χ1) is 8.45. The van der Waals surface area contributed by atoms with Crippen LogP contribution in [0.15, 0.2) is 24.4 Å². The number of anilines is 1.